The maximum absolute atomic E-state index is 12.9. The van der Waals surface area contributed by atoms with Crippen LogP contribution in [0.1, 0.15) is 57.6 Å². The number of pyridine rings is 1. The number of aliphatic hydroxyl groups is 1. The maximum atomic E-state index is 12.9. The van der Waals surface area contributed by atoms with Crippen molar-refractivity contribution in [2.24, 2.45) is 5.41 Å². The van der Waals surface area contributed by atoms with Crippen LogP contribution in [0.3, 0.4) is 0 Å². The summed E-state index contributed by atoms with van der Waals surface area (Å²) >= 11 is 0. The monoisotopic (exact) mass is 547 g/mol. The highest BCUT2D eigenvalue weighted by Crippen LogP contribution is 2.60. The number of carbonyl (C=O) groups excluding carboxylic acids is 1. The second-order valence-electron chi connectivity index (χ2n) is 12.9. The van der Waals surface area contributed by atoms with Crippen LogP contribution >= 0.6 is 0 Å². The van der Waals surface area contributed by atoms with Gasteiger partial charge in [0.25, 0.3) is 5.91 Å². The van der Waals surface area contributed by atoms with E-state index in [1.807, 2.05) is 48.0 Å². The second-order valence-corrected chi connectivity index (χ2v) is 12.9. The number of aromatic nitrogens is 4. The van der Waals surface area contributed by atoms with Crippen molar-refractivity contribution < 1.29 is 24.1 Å². The van der Waals surface area contributed by atoms with E-state index in [1.165, 1.54) is 16.5 Å². The molecule has 0 radical (unpaired) electrons. The van der Waals surface area contributed by atoms with Gasteiger partial charge in [-0.3, -0.25) is 9.78 Å². The molecule has 3 saturated heterocycles. The predicted octanol–water partition coefficient (Wildman–Crippen LogP) is 3.00. The lowest BCUT2D eigenvalue weighted by Crippen LogP contribution is -2.67. The molecule has 9 rings (SSSR count). The van der Waals surface area contributed by atoms with Gasteiger partial charge in [-0.05, 0) is 69.4 Å². The number of ether oxygens (including phenoxy) is 3. The molecule has 212 valence electrons. The Morgan fingerprint density at radius 3 is 2.73 bits per heavy atom. The molecule has 40 heavy (non-hydrogen) atoms. The minimum absolute atomic E-state index is 0.0729. The summed E-state index contributed by atoms with van der Waals surface area (Å²) in [5, 5.41) is 18.7. The molecule has 2 saturated carbocycles. The Morgan fingerprint density at radius 1 is 1.23 bits per heavy atom. The van der Waals surface area contributed by atoms with Gasteiger partial charge in [0.15, 0.2) is 6.10 Å². The number of amides is 1. The van der Waals surface area contributed by atoms with Gasteiger partial charge in [0.1, 0.15) is 11.3 Å². The number of benzene rings is 1. The highest BCUT2D eigenvalue weighted by atomic mass is 16.5. The third-order valence-corrected chi connectivity index (χ3v) is 9.22. The summed E-state index contributed by atoms with van der Waals surface area (Å²) in [5.74, 6) is 0.989. The van der Waals surface area contributed by atoms with Gasteiger partial charge in [-0.2, -0.15) is 0 Å². The zero-order valence-corrected chi connectivity index (χ0v) is 23.4. The normalized spacial score (nSPS) is 29.7. The molecule has 1 N–H and O–H groups in total. The van der Waals surface area contributed by atoms with Crippen molar-refractivity contribution in [3.05, 3.63) is 47.9 Å². The van der Waals surface area contributed by atoms with Crippen LogP contribution < -0.4 is 4.74 Å². The first-order valence-corrected chi connectivity index (χ1v) is 14.3. The Labute approximate surface area is 233 Å². The average Bonchev–Trinajstić information content (AvgIpc) is 3.58. The fraction of sp³-hybridized carbons (Fsp3) is 0.600. The van der Waals surface area contributed by atoms with Crippen molar-refractivity contribution in [3.8, 4) is 5.75 Å². The van der Waals surface area contributed by atoms with Gasteiger partial charge in [0, 0.05) is 49.1 Å². The third kappa shape index (κ3) is 4.19. The van der Waals surface area contributed by atoms with Crippen LogP contribution in [0, 0.1) is 5.41 Å². The molecular weight excluding hydrogens is 510 g/mol. The Morgan fingerprint density at radius 2 is 2.02 bits per heavy atom. The van der Waals surface area contributed by atoms with E-state index in [0.29, 0.717) is 6.61 Å². The summed E-state index contributed by atoms with van der Waals surface area (Å²) in [5.41, 5.74) is 3.22. The SMILES string of the molecule is CC(C)Oc1ccc2ncc3c(c2c1)CCOC3.CC12CC(n3ccnn3)(C1)C(C(=O)N1CC3(CC(O)C3)C1)O2. The molecule has 10 heteroatoms. The van der Waals surface area contributed by atoms with Crippen molar-refractivity contribution in [3.63, 3.8) is 0 Å². The first-order valence-electron chi connectivity index (χ1n) is 14.3. The number of aliphatic hydroxyl groups excluding tert-OH is 1. The van der Waals surface area contributed by atoms with Crippen LogP contribution in [0.4, 0.5) is 0 Å². The molecule has 1 unspecified atom stereocenters. The first-order chi connectivity index (χ1) is 19.2. The topological polar surface area (TPSA) is 112 Å². The number of hydrogen-bond donors (Lipinski definition) is 1. The molecule has 10 nitrogen and oxygen atoms in total. The van der Waals surface area contributed by atoms with Crippen molar-refractivity contribution in [1.82, 2.24) is 24.9 Å². The molecule has 3 aromatic rings. The van der Waals surface area contributed by atoms with Gasteiger partial charge in [-0.25, -0.2) is 4.68 Å². The van der Waals surface area contributed by atoms with Crippen LogP contribution in [0.25, 0.3) is 10.9 Å². The lowest BCUT2D eigenvalue weighted by Gasteiger charge is -2.58. The van der Waals surface area contributed by atoms with Crippen molar-refractivity contribution in [2.45, 2.75) is 88.9 Å². The molecule has 1 spiro atoms. The molecule has 1 aromatic carbocycles. The summed E-state index contributed by atoms with van der Waals surface area (Å²) in [6, 6.07) is 6.12. The molecular formula is C30H37N5O5. The van der Waals surface area contributed by atoms with Gasteiger partial charge in [-0.15, -0.1) is 5.10 Å². The number of rotatable bonds is 4. The van der Waals surface area contributed by atoms with E-state index in [0.717, 1.165) is 63.1 Å². The molecule has 2 aromatic heterocycles. The van der Waals surface area contributed by atoms with Crippen molar-refractivity contribution in [2.75, 3.05) is 19.7 Å². The number of likely N-dealkylation sites (tertiary alicyclic amines) is 1. The predicted molar refractivity (Wildman–Crippen MR) is 146 cm³/mol. The minimum atomic E-state index is -0.457. The zero-order valence-electron chi connectivity index (χ0n) is 23.4. The maximum Gasteiger partial charge on any atom is 0.254 e. The summed E-state index contributed by atoms with van der Waals surface area (Å²) in [4.78, 5) is 19.3. The van der Waals surface area contributed by atoms with Gasteiger partial charge >= 0.3 is 0 Å². The molecule has 6 heterocycles. The summed E-state index contributed by atoms with van der Waals surface area (Å²) < 4.78 is 19.1. The molecule has 6 aliphatic rings. The smallest absolute Gasteiger partial charge is 0.254 e. The second kappa shape index (κ2) is 9.22. The number of nitrogens with zero attached hydrogens (tertiary/aromatic N) is 5. The standard InChI is InChI=1S/C15H20N4O3.C15H17NO2/c1-13-6-15(7-13,19-3-2-16-17-19)11(22-13)12(21)18-8-14(9-18)4-10(20)5-14;1-10(2)18-12-3-4-15-14(7-12)13-5-6-17-9-11(13)8-16-15/h2-3,10-11,20H,4-9H2,1H3;3-4,7-8,10H,5-6,9H2,1-2H3. The van der Waals surface area contributed by atoms with E-state index >= 15 is 0 Å². The lowest BCUT2D eigenvalue weighted by atomic mass is 9.61. The summed E-state index contributed by atoms with van der Waals surface area (Å²) in [6.45, 7) is 9.12. The van der Waals surface area contributed by atoms with Crippen LogP contribution in [0.5, 0.6) is 5.75 Å². The van der Waals surface area contributed by atoms with Gasteiger partial charge in [-0.1, -0.05) is 5.21 Å². The molecule has 1 atom stereocenters. The number of hydrogen-bond acceptors (Lipinski definition) is 8. The van der Waals surface area contributed by atoms with Crippen LogP contribution in [-0.2, 0) is 32.8 Å². The van der Waals surface area contributed by atoms with E-state index in [-0.39, 0.29) is 34.7 Å². The minimum Gasteiger partial charge on any atom is -0.491 e. The van der Waals surface area contributed by atoms with E-state index < -0.39 is 6.10 Å². The van der Waals surface area contributed by atoms with Crippen LogP contribution in [-0.4, -0.2) is 79.5 Å². The molecule has 2 aliphatic carbocycles. The van der Waals surface area contributed by atoms with Crippen LogP contribution in [0.15, 0.2) is 36.8 Å². The summed E-state index contributed by atoms with van der Waals surface area (Å²) in [7, 11) is 0. The molecule has 4 aliphatic heterocycles. The van der Waals surface area contributed by atoms with Gasteiger partial charge < -0.3 is 24.2 Å². The molecule has 1 amide bonds. The Bertz CT molecular complexity index is 1420. The third-order valence-electron chi connectivity index (χ3n) is 9.22. The molecule has 2 bridgehead atoms. The van der Waals surface area contributed by atoms with E-state index in [4.69, 9.17) is 14.2 Å². The average molecular weight is 548 g/mol. The fourth-order valence-corrected chi connectivity index (χ4v) is 7.59. The first kappa shape index (κ1) is 25.9. The van der Waals surface area contributed by atoms with E-state index in [2.05, 4.69) is 28.3 Å². The van der Waals surface area contributed by atoms with E-state index in [1.54, 1.807) is 6.20 Å². The van der Waals surface area contributed by atoms with Crippen molar-refractivity contribution in [1.29, 1.82) is 0 Å². The fourth-order valence-electron chi connectivity index (χ4n) is 7.59. The van der Waals surface area contributed by atoms with Crippen LogP contribution in [0.2, 0.25) is 0 Å². The van der Waals surface area contributed by atoms with Crippen molar-refractivity contribution >= 4 is 16.8 Å². The summed E-state index contributed by atoms with van der Waals surface area (Å²) in [6.07, 6.45) is 9.22. The quantitative estimate of drug-likeness (QED) is 0.531. The highest BCUT2D eigenvalue weighted by Gasteiger charge is 2.71. The van der Waals surface area contributed by atoms with Gasteiger partial charge in [0.05, 0.1) is 42.7 Å². The highest BCUT2D eigenvalue weighted by molar-refractivity contribution is 5.85. The van der Waals surface area contributed by atoms with E-state index in [9.17, 15) is 9.90 Å². The molecule has 5 fully saturated rings. The zero-order chi connectivity index (χ0) is 27.7. The largest absolute Gasteiger partial charge is 0.491 e. The number of fused-ring (bicyclic) bond motifs is 4. The Hall–Kier alpha value is -3.08. The number of carbonyl (C=O) groups is 1. The lowest BCUT2D eigenvalue weighted by molar-refractivity contribution is -0.173. The Kier molecular flexibility index (Phi) is 5.96. The Balaban J connectivity index is 0.000000135. The van der Waals surface area contributed by atoms with Gasteiger partial charge in [0.2, 0.25) is 0 Å².